The van der Waals surface area contributed by atoms with Crippen molar-refractivity contribution in [3.05, 3.63) is 12.2 Å². The highest BCUT2D eigenvalue weighted by molar-refractivity contribution is 5.03. The number of terminal acetylenes is 1. The monoisotopic (exact) mass is 138 g/mol. The quantitative estimate of drug-likeness (QED) is 0.463. The van der Waals surface area contributed by atoms with Crippen molar-refractivity contribution in [3.8, 4) is 12.3 Å². The molecule has 0 aliphatic carbocycles. The Morgan fingerprint density at radius 3 is 2.40 bits per heavy atom. The Bertz CT molecular complexity index is 151. The van der Waals surface area contributed by atoms with E-state index >= 15 is 0 Å². The van der Waals surface area contributed by atoms with Gasteiger partial charge in [0, 0.05) is 5.92 Å². The zero-order chi connectivity index (χ0) is 8.15. The third-order valence-electron chi connectivity index (χ3n) is 1.36. The first-order chi connectivity index (χ1) is 4.57. The van der Waals surface area contributed by atoms with Crippen LogP contribution in [0.4, 0.5) is 0 Å². The van der Waals surface area contributed by atoms with E-state index in [0.717, 1.165) is 5.57 Å². The lowest BCUT2D eigenvalue weighted by atomic mass is 9.97. The SMILES string of the molecule is C#CC(CC(=C)C)C(C)O. The molecular formula is C9H14O. The molecule has 0 radical (unpaired) electrons. The van der Waals surface area contributed by atoms with E-state index in [9.17, 15) is 0 Å². The Balaban J connectivity index is 3.87. The van der Waals surface area contributed by atoms with Crippen molar-refractivity contribution in [2.75, 3.05) is 0 Å². The van der Waals surface area contributed by atoms with Crippen LogP contribution in [-0.2, 0) is 0 Å². The molecule has 1 heteroatoms. The number of aliphatic hydroxyl groups excluding tert-OH is 1. The number of hydrogen-bond donors (Lipinski definition) is 1. The van der Waals surface area contributed by atoms with Crippen LogP contribution in [0.15, 0.2) is 12.2 Å². The molecule has 0 saturated carbocycles. The molecule has 0 heterocycles. The van der Waals surface area contributed by atoms with Crippen molar-refractivity contribution in [2.24, 2.45) is 5.92 Å². The van der Waals surface area contributed by atoms with Crippen LogP contribution >= 0.6 is 0 Å². The summed E-state index contributed by atoms with van der Waals surface area (Å²) in [6, 6.07) is 0. The molecule has 2 atom stereocenters. The maximum Gasteiger partial charge on any atom is 0.0652 e. The first-order valence-electron chi connectivity index (χ1n) is 3.36. The summed E-state index contributed by atoms with van der Waals surface area (Å²) in [5, 5.41) is 9.08. The van der Waals surface area contributed by atoms with Gasteiger partial charge >= 0.3 is 0 Å². The molecular weight excluding hydrogens is 124 g/mol. The summed E-state index contributed by atoms with van der Waals surface area (Å²) in [4.78, 5) is 0. The smallest absolute Gasteiger partial charge is 0.0652 e. The minimum absolute atomic E-state index is 0.0718. The van der Waals surface area contributed by atoms with Gasteiger partial charge in [0.25, 0.3) is 0 Å². The highest BCUT2D eigenvalue weighted by Crippen LogP contribution is 2.12. The Morgan fingerprint density at radius 2 is 2.30 bits per heavy atom. The van der Waals surface area contributed by atoms with Gasteiger partial charge in [0.1, 0.15) is 0 Å². The molecule has 0 aromatic rings. The fourth-order valence-electron chi connectivity index (χ4n) is 0.744. The molecule has 1 N–H and O–H groups in total. The van der Waals surface area contributed by atoms with E-state index < -0.39 is 6.10 Å². The molecule has 0 amide bonds. The van der Waals surface area contributed by atoms with E-state index in [1.54, 1.807) is 6.92 Å². The lowest BCUT2D eigenvalue weighted by Crippen LogP contribution is -2.14. The van der Waals surface area contributed by atoms with E-state index in [2.05, 4.69) is 12.5 Å². The molecule has 2 unspecified atom stereocenters. The van der Waals surface area contributed by atoms with Crippen molar-refractivity contribution in [1.82, 2.24) is 0 Å². The summed E-state index contributed by atoms with van der Waals surface area (Å²) < 4.78 is 0. The Labute approximate surface area is 62.8 Å². The van der Waals surface area contributed by atoms with Crippen LogP contribution in [0, 0.1) is 18.3 Å². The number of allylic oxidation sites excluding steroid dienone is 1. The molecule has 0 fully saturated rings. The third-order valence-corrected chi connectivity index (χ3v) is 1.36. The minimum atomic E-state index is -0.429. The molecule has 10 heavy (non-hydrogen) atoms. The van der Waals surface area contributed by atoms with E-state index in [1.807, 2.05) is 6.92 Å². The van der Waals surface area contributed by atoms with Crippen LogP contribution in [0.25, 0.3) is 0 Å². The van der Waals surface area contributed by atoms with Crippen LogP contribution in [-0.4, -0.2) is 11.2 Å². The summed E-state index contributed by atoms with van der Waals surface area (Å²) in [6.07, 6.45) is 5.46. The predicted molar refractivity (Wildman–Crippen MR) is 43.4 cm³/mol. The maximum absolute atomic E-state index is 9.08. The molecule has 0 aliphatic rings. The van der Waals surface area contributed by atoms with Crippen molar-refractivity contribution < 1.29 is 5.11 Å². The average molecular weight is 138 g/mol. The zero-order valence-electron chi connectivity index (χ0n) is 6.59. The fourth-order valence-corrected chi connectivity index (χ4v) is 0.744. The molecule has 56 valence electrons. The van der Waals surface area contributed by atoms with Gasteiger partial charge in [-0.25, -0.2) is 0 Å². The zero-order valence-corrected chi connectivity index (χ0v) is 6.59. The Morgan fingerprint density at radius 1 is 1.80 bits per heavy atom. The lowest BCUT2D eigenvalue weighted by Gasteiger charge is -2.12. The second kappa shape index (κ2) is 4.14. The number of aliphatic hydroxyl groups is 1. The van der Waals surface area contributed by atoms with Crippen LogP contribution in [0.3, 0.4) is 0 Å². The van der Waals surface area contributed by atoms with Gasteiger partial charge in [-0.2, -0.15) is 0 Å². The van der Waals surface area contributed by atoms with Crippen molar-refractivity contribution in [1.29, 1.82) is 0 Å². The van der Waals surface area contributed by atoms with Crippen LogP contribution < -0.4 is 0 Å². The van der Waals surface area contributed by atoms with Crippen LogP contribution in [0.5, 0.6) is 0 Å². The topological polar surface area (TPSA) is 20.2 Å². The predicted octanol–water partition coefficient (Wildman–Crippen LogP) is 1.58. The van der Waals surface area contributed by atoms with Gasteiger partial charge in [-0.1, -0.05) is 5.57 Å². The molecule has 0 aromatic carbocycles. The lowest BCUT2D eigenvalue weighted by molar-refractivity contribution is 0.153. The fraction of sp³-hybridized carbons (Fsp3) is 0.556. The second-order valence-electron chi connectivity index (χ2n) is 2.67. The molecule has 0 spiro atoms. The second-order valence-corrected chi connectivity index (χ2v) is 2.67. The summed E-state index contributed by atoms with van der Waals surface area (Å²) in [6.45, 7) is 7.33. The van der Waals surface area contributed by atoms with Crippen LogP contribution in [0.2, 0.25) is 0 Å². The summed E-state index contributed by atoms with van der Waals surface area (Å²) in [5.41, 5.74) is 1.02. The highest BCUT2D eigenvalue weighted by atomic mass is 16.3. The number of rotatable bonds is 3. The van der Waals surface area contributed by atoms with E-state index in [0.29, 0.717) is 6.42 Å². The Kier molecular flexibility index (Phi) is 3.83. The first-order valence-corrected chi connectivity index (χ1v) is 3.36. The van der Waals surface area contributed by atoms with Gasteiger partial charge < -0.3 is 5.11 Å². The van der Waals surface area contributed by atoms with Gasteiger partial charge in [-0.05, 0) is 20.3 Å². The summed E-state index contributed by atoms with van der Waals surface area (Å²) in [7, 11) is 0. The van der Waals surface area contributed by atoms with E-state index in [4.69, 9.17) is 11.5 Å². The normalized spacial score (nSPS) is 15.4. The highest BCUT2D eigenvalue weighted by Gasteiger charge is 2.10. The number of hydrogen-bond acceptors (Lipinski definition) is 1. The standard InChI is InChI=1S/C9H14O/c1-5-9(8(4)10)6-7(2)3/h1,8-10H,2,6H2,3-4H3. The molecule has 1 nitrogen and oxygen atoms in total. The van der Waals surface area contributed by atoms with Gasteiger partial charge in [-0.3, -0.25) is 0 Å². The van der Waals surface area contributed by atoms with E-state index in [-0.39, 0.29) is 5.92 Å². The van der Waals surface area contributed by atoms with Crippen molar-refractivity contribution >= 4 is 0 Å². The van der Waals surface area contributed by atoms with Gasteiger partial charge in [0.2, 0.25) is 0 Å². The van der Waals surface area contributed by atoms with Gasteiger partial charge in [-0.15, -0.1) is 18.9 Å². The average Bonchev–Trinajstić information content (AvgIpc) is 1.81. The third kappa shape index (κ3) is 3.32. The molecule has 0 bridgehead atoms. The Hall–Kier alpha value is -0.740. The molecule has 0 aliphatic heterocycles. The first kappa shape index (κ1) is 9.26. The van der Waals surface area contributed by atoms with Gasteiger partial charge in [0.15, 0.2) is 0 Å². The van der Waals surface area contributed by atoms with E-state index in [1.165, 1.54) is 0 Å². The molecule has 0 rings (SSSR count). The van der Waals surface area contributed by atoms with Crippen LogP contribution in [0.1, 0.15) is 20.3 Å². The van der Waals surface area contributed by atoms with Crippen molar-refractivity contribution in [2.45, 2.75) is 26.4 Å². The largest absolute Gasteiger partial charge is 0.392 e. The summed E-state index contributed by atoms with van der Waals surface area (Å²) in [5.74, 6) is 2.45. The minimum Gasteiger partial charge on any atom is -0.392 e. The van der Waals surface area contributed by atoms with Crippen molar-refractivity contribution in [3.63, 3.8) is 0 Å². The maximum atomic E-state index is 9.08. The van der Waals surface area contributed by atoms with Gasteiger partial charge in [0.05, 0.1) is 6.10 Å². The molecule has 0 aromatic heterocycles. The summed E-state index contributed by atoms with van der Waals surface area (Å²) >= 11 is 0. The molecule has 0 saturated heterocycles.